The third-order valence-corrected chi connectivity index (χ3v) is 6.22. The summed E-state index contributed by atoms with van der Waals surface area (Å²) in [6, 6.07) is 8.19. The van der Waals surface area contributed by atoms with Crippen LogP contribution in [0.25, 0.3) is 11.0 Å². The van der Waals surface area contributed by atoms with E-state index < -0.39 is 11.4 Å². The number of aliphatic hydroxyl groups is 2. The molecule has 1 aromatic carbocycles. The lowest BCUT2D eigenvalue weighted by atomic mass is 9.96. The highest BCUT2D eigenvalue weighted by Gasteiger charge is 2.29. The van der Waals surface area contributed by atoms with Gasteiger partial charge in [-0.2, -0.15) is 0 Å². The number of ether oxygens (including phenoxy) is 1. The predicted molar refractivity (Wildman–Crippen MR) is 136 cm³/mol. The van der Waals surface area contributed by atoms with E-state index in [2.05, 4.69) is 48.8 Å². The Balaban J connectivity index is 0.000000588. The Morgan fingerprint density at radius 2 is 1.74 bits per heavy atom. The summed E-state index contributed by atoms with van der Waals surface area (Å²) >= 11 is 9.84. The van der Waals surface area contributed by atoms with Crippen LogP contribution in [0.2, 0.25) is 5.15 Å². The zero-order valence-corrected chi connectivity index (χ0v) is 22.4. The monoisotopic (exact) mass is 551 g/mol. The number of nitrogens with zero attached hydrogens (tertiary/aromatic N) is 3. The summed E-state index contributed by atoms with van der Waals surface area (Å²) in [5, 5.41) is 17.5. The summed E-state index contributed by atoms with van der Waals surface area (Å²) in [4.78, 5) is 20.8. The molecule has 2 atom stereocenters. The lowest BCUT2D eigenvalue weighted by Crippen LogP contribution is -2.23. The lowest BCUT2D eigenvalue weighted by Gasteiger charge is -2.19. The van der Waals surface area contributed by atoms with Gasteiger partial charge in [0.2, 0.25) is 0 Å². The second-order valence-electron chi connectivity index (χ2n) is 10.0. The van der Waals surface area contributed by atoms with Crippen molar-refractivity contribution in [2.75, 3.05) is 0 Å². The fraction of sp³-hybridized carbons (Fsp3) is 0.480. The molecule has 1 aliphatic carbocycles. The van der Waals surface area contributed by atoms with Crippen LogP contribution >= 0.6 is 27.5 Å². The van der Waals surface area contributed by atoms with Gasteiger partial charge in [0.15, 0.2) is 5.79 Å². The summed E-state index contributed by atoms with van der Waals surface area (Å²) in [7, 11) is 0. The molecule has 2 N–H and O–H groups in total. The molecule has 7 nitrogen and oxygen atoms in total. The third kappa shape index (κ3) is 7.01. The maximum atomic E-state index is 12.2. The van der Waals surface area contributed by atoms with Gasteiger partial charge in [-0.3, -0.25) is 0 Å². The predicted octanol–water partition coefficient (Wildman–Crippen LogP) is 6.02. The van der Waals surface area contributed by atoms with E-state index in [-0.39, 0.29) is 5.97 Å². The molecule has 2 aromatic heterocycles. The zero-order valence-electron chi connectivity index (χ0n) is 20.0. The average molecular weight is 553 g/mol. The zero-order chi connectivity index (χ0) is 25.3. The van der Waals surface area contributed by atoms with E-state index in [4.69, 9.17) is 26.6 Å². The Morgan fingerprint density at radius 1 is 1.12 bits per heavy atom. The van der Waals surface area contributed by atoms with Crippen molar-refractivity contribution in [1.29, 1.82) is 0 Å². The normalized spacial score (nSPS) is 18.5. The summed E-state index contributed by atoms with van der Waals surface area (Å²) < 4.78 is 8.58. The quantitative estimate of drug-likeness (QED) is 0.234. The summed E-state index contributed by atoms with van der Waals surface area (Å²) in [6.07, 6.45) is 6.74. The van der Waals surface area contributed by atoms with Crippen molar-refractivity contribution < 1.29 is 19.7 Å². The molecule has 0 radical (unpaired) electrons. The standard InChI is InChI=1S/C22H23BrClN3O2.C3H8O2/c1-22(2,3)29-21(28)14-6-4-13(5-7-14)15-8-9-16(10-15)27-11-17(23)18-19(24)25-12-26-20(18)27;1-3(2,4)5/h4-7,11-12,15-16H,8-10H2,1-3H3;4-5H,1-2H3. The molecule has 0 saturated heterocycles. The molecule has 0 aliphatic heterocycles. The van der Waals surface area contributed by atoms with E-state index in [1.165, 1.54) is 25.7 Å². The number of rotatable bonds is 3. The maximum absolute atomic E-state index is 12.2. The molecule has 34 heavy (non-hydrogen) atoms. The first-order valence-electron chi connectivity index (χ1n) is 11.2. The van der Waals surface area contributed by atoms with Gasteiger partial charge in [-0.25, -0.2) is 14.8 Å². The van der Waals surface area contributed by atoms with Crippen molar-refractivity contribution in [2.24, 2.45) is 0 Å². The number of esters is 1. The topological polar surface area (TPSA) is 97.5 Å². The fourth-order valence-corrected chi connectivity index (χ4v) is 4.95. The van der Waals surface area contributed by atoms with E-state index in [1.54, 1.807) is 0 Å². The number of benzene rings is 1. The highest BCUT2D eigenvalue weighted by atomic mass is 79.9. The molecule has 9 heteroatoms. The second-order valence-corrected chi connectivity index (χ2v) is 11.2. The fourth-order valence-electron chi connectivity index (χ4n) is 4.02. The lowest BCUT2D eigenvalue weighted by molar-refractivity contribution is -0.127. The van der Waals surface area contributed by atoms with Gasteiger partial charge in [0, 0.05) is 16.7 Å². The van der Waals surface area contributed by atoms with Gasteiger partial charge in [0.1, 0.15) is 22.7 Å². The maximum Gasteiger partial charge on any atom is 0.338 e. The van der Waals surface area contributed by atoms with E-state index in [1.807, 2.05) is 32.9 Å². The highest BCUT2D eigenvalue weighted by Crippen LogP contribution is 2.43. The van der Waals surface area contributed by atoms with Crippen LogP contribution in [0.3, 0.4) is 0 Å². The van der Waals surface area contributed by atoms with Crippen LogP contribution in [0.4, 0.5) is 0 Å². The molecule has 1 fully saturated rings. The van der Waals surface area contributed by atoms with Crippen molar-refractivity contribution in [3.05, 3.63) is 57.5 Å². The minimum Gasteiger partial charge on any atom is -0.456 e. The van der Waals surface area contributed by atoms with Crippen molar-refractivity contribution in [1.82, 2.24) is 14.5 Å². The number of fused-ring (bicyclic) bond motifs is 1. The number of carbonyl (C=O) groups is 1. The van der Waals surface area contributed by atoms with Crippen LogP contribution in [0.5, 0.6) is 0 Å². The van der Waals surface area contributed by atoms with E-state index >= 15 is 0 Å². The molecule has 0 amide bonds. The van der Waals surface area contributed by atoms with Crippen LogP contribution in [0.1, 0.15) is 81.8 Å². The molecule has 3 aromatic rings. The van der Waals surface area contributed by atoms with E-state index in [9.17, 15) is 4.79 Å². The highest BCUT2D eigenvalue weighted by molar-refractivity contribution is 9.10. The number of halogens is 2. The molecule has 0 bridgehead atoms. The van der Waals surface area contributed by atoms with Crippen LogP contribution < -0.4 is 0 Å². The number of carbonyl (C=O) groups excluding carboxylic acids is 1. The van der Waals surface area contributed by atoms with Crippen molar-refractivity contribution >= 4 is 44.5 Å². The SMILES string of the molecule is CC(C)(C)OC(=O)c1ccc(C2CCC(n3cc(Br)c4c(Cl)ncnc43)C2)cc1.CC(C)(O)O. The summed E-state index contributed by atoms with van der Waals surface area (Å²) in [5.74, 6) is -1.34. The molecule has 2 unspecified atom stereocenters. The van der Waals surface area contributed by atoms with Crippen molar-refractivity contribution in [3.8, 4) is 0 Å². The van der Waals surface area contributed by atoms with Gasteiger partial charge in [-0.1, -0.05) is 23.7 Å². The largest absolute Gasteiger partial charge is 0.456 e. The molecule has 1 saturated carbocycles. The van der Waals surface area contributed by atoms with Crippen molar-refractivity contribution in [3.63, 3.8) is 0 Å². The first kappa shape index (κ1) is 26.6. The van der Waals surface area contributed by atoms with Gasteiger partial charge in [-0.15, -0.1) is 0 Å². The Morgan fingerprint density at radius 3 is 2.32 bits per heavy atom. The van der Waals surface area contributed by atoms with Gasteiger partial charge in [-0.05, 0) is 93.4 Å². The van der Waals surface area contributed by atoms with Crippen LogP contribution in [-0.2, 0) is 4.74 Å². The second kappa shape index (κ2) is 10.3. The van der Waals surface area contributed by atoms with Gasteiger partial charge in [0.25, 0.3) is 0 Å². The minimum absolute atomic E-state index is 0.284. The van der Waals surface area contributed by atoms with Gasteiger partial charge < -0.3 is 19.5 Å². The molecular formula is C25H31BrClN3O4. The van der Waals surface area contributed by atoms with Crippen LogP contribution in [0.15, 0.2) is 41.3 Å². The van der Waals surface area contributed by atoms with E-state index in [0.29, 0.717) is 22.7 Å². The Bertz CT molecular complexity index is 1140. The molecule has 184 valence electrons. The average Bonchev–Trinajstić information content (AvgIpc) is 3.31. The van der Waals surface area contributed by atoms with Crippen molar-refractivity contribution in [2.45, 2.75) is 77.2 Å². The summed E-state index contributed by atoms with van der Waals surface area (Å²) in [6.45, 7) is 8.22. The first-order chi connectivity index (χ1) is 15.7. The van der Waals surface area contributed by atoms with E-state index in [0.717, 1.165) is 34.8 Å². The Kier molecular flexibility index (Phi) is 8.07. The Hall–Kier alpha value is -2.00. The Labute approximate surface area is 213 Å². The number of hydrogen-bond donors (Lipinski definition) is 2. The smallest absolute Gasteiger partial charge is 0.338 e. The van der Waals surface area contributed by atoms with Crippen LogP contribution in [-0.4, -0.2) is 42.1 Å². The van der Waals surface area contributed by atoms with Gasteiger partial charge in [0.05, 0.1) is 10.9 Å². The number of hydrogen-bond acceptors (Lipinski definition) is 6. The molecule has 2 heterocycles. The molecule has 1 aliphatic rings. The van der Waals surface area contributed by atoms with Crippen LogP contribution in [0, 0.1) is 0 Å². The number of aromatic nitrogens is 3. The summed E-state index contributed by atoms with van der Waals surface area (Å²) in [5.41, 5.74) is 2.21. The molecule has 4 rings (SSSR count). The third-order valence-electron chi connectivity index (χ3n) is 5.33. The first-order valence-corrected chi connectivity index (χ1v) is 12.3. The minimum atomic E-state index is -1.50. The molecule has 0 spiro atoms. The molecular weight excluding hydrogens is 522 g/mol. The van der Waals surface area contributed by atoms with Gasteiger partial charge >= 0.3 is 5.97 Å².